The molecule has 0 unspecified atom stereocenters. The van der Waals surface area contributed by atoms with E-state index in [1.807, 2.05) is 19.1 Å². The zero-order valence-corrected chi connectivity index (χ0v) is 25.7. The van der Waals surface area contributed by atoms with Gasteiger partial charge in [-0.2, -0.15) is 0 Å². The predicted molar refractivity (Wildman–Crippen MR) is 170 cm³/mol. The number of aromatic nitrogens is 2. The Morgan fingerprint density at radius 2 is 1.49 bits per heavy atom. The average molecular weight is 567 g/mol. The van der Waals surface area contributed by atoms with Crippen LogP contribution in [-0.2, 0) is 17.9 Å². The molecule has 0 amide bonds. The van der Waals surface area contributed by atoms with Gasteiger partial charge in [0, 0.05) is 36.6 Å². The molecule has 0 aliphatic rings. The molecule has 1 N–H and O–H groups in total. The number of nitrogens with one attached hydrogen (secondary N) is 1. The van der Waals surface area contributed by atoms with Crippen LogP contribution >= 0.6 is 0 Å². The molecular weight excluding hydrogens is 528 g/mol. The number of methoxy groups -OCH3 is 1. The third kappa shape index (κ3) is 5.04. The summed E-state index contributed by atoms with van der Waals surface area (Å²) in [5.74, 6) is 0.503. The molecule has 2 heterocycles. The summed E-state index contributed by atoms with van der Waals surface area (Å²) in [6.07, 6.45) is 1.42. The number of fused-ring (bicyclic) bond motifs is 2. The maximum absolute atomic E-state index is 13.1. The molecule has 0 saturated carbocycles. The Hall–Kier alpha value is -3.94. The second-order valence-corrected chi connectivity index (χ2v) is 16.0. The second-order valence-electron chi connectivity index (χ2n) is 11.7. The normalized spacial score (nSPS) is 12.2. The molecule has 2 aromatic heterocycles. The summed E-state index contributed by atoms with van der Waals surface area (Å²) in [7, 11) is 0.668. The van der Waals surface area contributed by atoms with Gasteiger partial charge < -0.3 is 18.7 Å². The summed E-state index contributed by atoms with van der Waals surface area (Å²) in [6.45, 7) is 9.30. The molecule has 0 saturated heterocycles. The topological polar surface area (TPSA) is 73.3 Å². The molecule has 0 spiro atoms. The van der Waals surface area contributed by atoms with Gasteiger partial charge in [-0.05, 0) is 52.4 Å². The molecule has 0 aliphatic carbocycles. The Labute approximate surface area is 241 Å². The Balaban J connectivity index is 1.54. The quantitative estimate of drug-likeness (QED) is 0.159. The zero-order chi connectivity index (χ0) is 29.4. The van der Waals surface area contributed by atoms with Gasteiger partial charge in [-0.25, -0.2) is 0 Å². The van der Waals surface area contributed by atoms with Crippen LogP contribution < -0.4 is 26.2 Å². The van der Waals surface area contributed by atoms with E-state index >= 15 is 0 Å². The Morgan fingerprint density at radius 3 is 2.05 bits per heavy atom. The van der Waals surface area contributed by atoms with E-state index in [9.17, 15) is 9.59 Å². The molecule has 0 radical (unpaired) electrons. The van der Waals surface area contributed by atoms with Gasteiger partial charge in [0.2, 0.25) is 5.56 Å². The second kappa shape index (κ2) is 11.1. The van der Waals surface area contributed by atoms with E-state index in [1.165, 1.54) is 10.4 Å². The first-order chi connectivity index (χ1) is 19.6. The number of H-pyrrole nitrogens is 1. The number of hydrogen-bond acceptors (Lipinski definition) is 4. The van der Waals surface area contributed by atoms with E-state index in [0.717, 1.165) is 28.3 Å². The van der Waals surface area contributed by atoms with E-state index < -0.39 is 8.32 Å². The molecule has 0 bridgehead atoms. The van der Waals surface area contributed by atoms with Gasteiger partial charge in [0.25, 0.3) is 13.9 Å². The number of ether oxygens (including phenoxy) is 1. The number of nitrogens with zero attached hydrogens (tertiary/aromatic N) is 1. The number of benzene rings is 3. The highest BCUT2D eigenvalue weighted by Crippen LogP contribution is 2.38. The molecule has 7 heteroatoms. The lowest BCUT2D eigenvalue weighted by atomic mass is 9.99. The largest absolute Gasteiger partial charge is 0.492 e. The average Bonchev–Trinajstić information content (AvgIpc) is 2.95. The fourth-order valence-electron chi connectivity index (χ4n) is 6.18. The van der Waals surface area contributed by atoms with Gasteiger partial charge in [-0.1, -0.05) is 81.4 Å². The Bertz CT molecular complexity index is 1780. The van der Waals surface area contributed by atoms with Crippen molar-refractivity contribution in [2.45, 2.75) is 45.6 Å². The van der Waals surface area contributed by atoms with Crippen molar-refractivity contribution in [2.75, 3.05) is 13.7 Å². The van der Waals surface area contributed by atoms with Crippen molar-refractivity contribution in [1.82, 2.24) is 9.55 Å². The van der Waals surface area contributed by atoms with Gasteiger partial charge >= 0.3 is 0 Å². The smallest absolute Gasteiger partial charge is 0.261 e. The van der Waals surface area contributed by atoms with Crippen molar-refractivity contribution < 1.29 is 9.16 Å². The Kier molecular flexibility index (Phi) is 7.77. The number of aryl methyl sites for hydroxylation is 3. The molecule has 0 atom stereocenters. The van der Waals surface area contributed by atoms with E-state index in [2.05, 4.69) is 80.4 Å². The molecule has 6 nitrogen and oxygen atoms in total. The lowest BCUT2D eigenvalue weighted by Gasteiger charge is -2.43. The van der Waals surface area contributed by atoms with Gasteiger partial charge in [0.15, 0.2) is 5.75 Å². The van der Waals surface area contributed by atoms with Crippen LogP contribution in [-0.4, -0.2) is 31.6 Å². The molecule has 212 valence electrons. The first-order valence-electron chi connectivity index (χ1n) is 14.1. The summed E-state index contributed by atoms with van der Waals surface area (Å²) in [4.78, 5) is 28.3. The Morgan fingerprint density at radius 1 is 0.878 bits per heavy atom. The predicted octanol–water partition coefficient (Wildman–Crippen LogP) is 5.21. The van der Waals surface area contributed by atoms with E-state index in [1.54, 1.807) is 30.9 Å². The summed E-state index contributed by atoms with van der Waals surface area (Å²) in [5, 5.41) is 4.23. The van der Waals surface area contributed by atoms with Crippen molar-refractivity contribution in [3.63, 3.8) is 0 Å². The van der Waals surface area contributed by atoms with Gasteiger partial charge in [0.1, 0.15) is 0 Å². The van der Waals surface area contributed by atoms with Crippen LogP contribution in [0.2, 0.25) is 5.04 Å². The lowest BCUT2D eigenvalue weighted by Crippen LogP contribution is -2.66. The lowest BCUT2D eigenvalue weighted by molar-refractivity contribution is 0.292. The van der Waals surface area contributed by atoms with Crippen LogP contribution in [0.5, 0.6) is 5.75 Å². The van der Waals surface area contributed by atoms with Crippen molar-refractivity contribution in [3.8, 4) is 5.75 Å². The van der Waals surface area contributed by atoms with Gasteiger partial charge in [-0.3, -0.25) is 9.59 Å². The van der Waals surface area contributed by atoms with E-state index in [0.29, 0.717) is 29.8 Å². The van der Waals surface area contributed by atoms with Crippen molar-refractivity contribution >= 4 is 40.5 Å². The molecule has 3 aromatic carbocycles. The van der Waals surface area contributed by atoms with Crippen molar-refractivity contribution in [3.05, 3.63) is 111 Å². The molecule has 41 heavy (non-hydrogen) atoms. The fourth-order valence-corrected chi connectivity index (χ4v) is 10.8. The zero-order valence-electron chi connectivity index (χ0n) is 24.7. The van der Waals surface area contributed by atoms with Crippen molar-refractivity contribution in [2.24, 2.45) is 7.05 Å². The summed E-state index contributed by atoms with van der Waals surface area (Å²) in [6, 6.07) is 26.6. The van der Waals surface area contributed by atoms with E-state index in [-0.39, 0.29) is 16.2 Å². The first kappa shape index (κ1) is 28.6. The molecular formula is C34H38N2O4Si. The highest BCUT2D eigenvalue weighted by Gasteiger charge is 2.49. The van der Waals surface area contributed by atoms with Gasteiger partial charge in [-0.15, -0.1) is 0 Å². The number of pyridine rings is 2. The summed E-state index contributed by atoms with van der Waals surface area (Å²) >= 11 is 0. The minimum Gasteiger partial charge on any atom is -0.492 e. The van der Waals surface area contributed by atoms with Gasteiger partial charge in [0.05, 0.1) is 18.1 Å². The van der Waals surface area contributed by atoms with Crippen LogP contribution in [0, 0.1) is 6.92 Å². The van der Waals surface area contributed by atoms with Crippen molar-refractivity contribution in [1.29, 1.82) is 0 Å². The molecule has 0 aliphatic heterocycles. The number of rotatable bonds is 8. The third-order valence-corrected chi connectivity index (χ3v) is 13.2. The van der Waals surface area contributed by atoms with Crippen LogP contribution in [0.1, 0.15) is 38.3 Å². The highest BCUT2D eigenvalue weighted by molar-refractivity contribution is 6.99. The van der Waals surface area contributed by atoms with E-state index in [4.69, 9.17) is 9.16 Å². The number of aromatic amines is 1. The molecule has 5 rings (SSSR count). The first-order valence-corrected chi connectivity index (χ1v) is 16.0. The highest BCUT2D eigenvalue weighted by atomic mass is 28.4. The van der Waals surface area contributed by atoms with Crippen LogP contribution in [0.4, 0.5) is 0 Å². The maximum Gasteiger partial charge on any atom is 0.261 e. The fraction of sp³-hybridized carbons (Fsp3) is 0.294. The maximum atomic E-state index is 13.1. The van der Waals surface area contributed by atoms with Crippen LogP contribution in [0.15, 0.2) is 88.5 Å². The van der Waals surface area contributed by atoms with Crippen LogP contribution in [0.3, 0.4) is 0 Å². The standard InChI is InChI=1S/C34H38N2O4Si/c1-23-20-29(37)35-31-27(23)22-28-24(21-30(38)36(5)32(28)33(31)39-6)14-13-19-40-41(34(2,3)4,25-15-9-7-10-16-25)26-17-11-8-12-18-26/h7-12,15-18,20-22H,13-14,19H2,1-6H3,(H,35,37). The third-order valence-electron chi connectivity index (χ3n) is 8.12. The van der Waals surface area contributed by atoms with Crippen LogP contribution in [0.25, 0.3) is 21.8 Å². The number of hydrogen-bond donors (Lipinski definition) is 1. The summed E-state index contributed by atoms with van der Waals surface area (Å²) in [5.41, 5.74) is 2.77. The molecule has 0 fully saturated rings. The minimum atomic E-state index is -2.64. The monoisotopic (exact) mass is 566 g/mol. The summed E-state index contributed by atoms with van der Waals surface area (Å²) < 4.78 is 14.5. The minimum absolute atomic E-state index is 0.105. The SMILES string of the molecule is COc1c2[nH]c(=O)cc(C)c2cc2c(CCCO[Si](c3ccccc3)(c3ccccc3)C(C)(C)C)cc(=O)n(C)c12. The molecule has 5 aromatic rings.